The first-order valence-electron chi connectivity index (χ1n) is 8.30. The second kappa shape index (κ2) is 9.06. The first kappa shape index (κ1) is 20.3. The summed E-state index contributed by atoms with van der Waals surface area (Å²) in [4.78, 5) is 12.0. The number of nitrogens with zero attached hydrogens (tertiary/aromatic N) is 1. The number of rotatable bonds is 6. The van der Waals surface area contributed by atoms with Crippen LogP contribution in [0.5, 0.6) is 5.75 Å². The summed E-state index contributed by atoms with van der Waals surface area (Å²) in [6.07, 6.45) is 0. The highest BCUT2D eigenvalue weighted by Gasteiger charge is 2.10. The third-order valence-corrected chi connectivity index (χ3v) is 4.57. The molecule has 0 fully saturated rings. The molecule has 0 radical (unpaired) electrons. The van der Waals surface area contributed by atoms with Gasteiger partial charge in [-0.15, -0.1) is 0 Å². The van der Waals surface area contributed by atoms with Crippen LogP contribution in [0.25, 0.3) is 0 Å². The molecule has 0 aliphatic carbocycles. The number of amides is 1. The van der Waals surface area contributed by atoms with Gasteiger partial charge in [0.15, 0.2) is 6.61 Å². The van der Waals surface area contributed by atoms with Gasteiger partial charge in [0.1, 0.15) is 5.75 Å². The molecule has 0 aromatic heterocycles. The minimum Gasteiger partial charge on any atom is -0.483 e. The molecule has 1 N–H and O–H groups in total. The van der Waals surface area contributed by atoms with Crippen molar-refractivity contribution in [2.24, 2.45) is 5.10 Å². The fourth-order valence-corrected chi connectivity index (χ4v) is 2.65. The molecular formula is C20H22Cl2N2O2. The lowest BCUT2D eigenvalue weighted by Gasteiger charge is -2.14. The molecule has 0 saturated heterocycles. The van der Waals surface area contributed by atoms with Gasteiger partial charge in [-0.25, -0.2) is 5.43 Å². The highest BCUT2D eigenvalue weighted by molar-refractivity contribution is 6.42. The van der Waals surface area contributed by atoms with Gasteiger partial charge >= 0.3 is 0 Å². The van der Waals surface area contributed by atoms with E-state index in [0.29, 0.717) is 21.7 Å². The first-order chi connectivity index (χ1) is 12.3. The molecule has 138 valence electrons. The van der Waals surface area contributed by atoms with E-state index in [0.717, 1.165) is 22.4 Å². The molecule has 0 spiro atoms. The van der Waals surface area contributed by atoms with Gasteiger partial charge in [-0.1, -0.05) is 55.2 Å². The van der Waals surface area contributed by atoms with Crippen molar-refractivity contribution in [1.29, 1.82) is 0 Å². The Morgan fingerprint density at radius 1 is 1.15 bits per heavy atom. The molecule has 0 unspecified atom stereocenters. The summed E-state index contributed by atoms with van der Waals surface area (Å²) < 4.78 is 5.69. The van der Waals surface area contributed by atoms with Crippen molar-refractivity contribution in [1.82, 2.24) is 5.43 Å². The van der Waals surface area contributed by atoms with E-state index in [1.807, 2.05) is 25.1 Å². The molecule has 4 nitrogen and oxygen atoms in total. The number of aryl methyl sites for hydroxylation is 1. The van der Waals surface area contributed by atoms with Gasteiger partial charge in [0, 0.05) is 0 Å². The molecule has 6 heteroatoms. The van der Waals surface area contributed by atoms with Crippen molar-refractivity contribution in [2.45, 2.75) is 33.6 Å². The van der Waals surface area contributed by atoms with Gasteiger partial charge in [0.25, 0.3) is 5.91 Å². The van der Waals surface area contributed by atoms with Crippen LogP contribution in [0, 0.1) is 6.92 Å². The predicted octanol–water partition coefficient (Wildman–Crippen LogP) is 5.34. The van der Waals surface area contributed by atoms with E-state index in [1.165, 1.54) is 0 Å². The highest BCUT2D eigenvalue weighted by atomic mass is 35.5. The Bertz CT molecular complexity index is 833. The number of carbonyl (C=O) groups excluding carboxylic acids is 1. The SMILES string of the molecule is C/C(=N/NC(=O)COc1cc(C)ccc1C(C)C)c1ccc(Cl)c(Cl)c1. The van der Waals surface area contributed by atoms with Crippen molar-refractivity contribution >= 4 is 34.8 Å². The predicted molar refractivity (Wildman–Crippen MR) is 108 cm³/mol. The van der Waals surface area contributed by atoms with Gasteiger partial charge in [0.2, 0.25) is 0 Å². The Kier molecular flexibility index (Phi) is 7.06. The molecule has 0 saturated carbocycles. The monoisotopic (exact) mass is 392 g/mol. The summed E-state index contributed by atoms with van der Waals surface area (Å²) in [5.74, 6) is 0.699. The fourth-order valence-electron chi connectivity index (χ4n) is 2.35. The summed E-state index contributed by atoms with van der Waals surface area (Å²) in [5, 5.41) is 5.00. The summed E-state index contributed by atoms with van der Waals surface area (Å²) >= 11 is 11.9. The van der Waals surface area contributed by atoms with E-state index in [1.54, 1.807) is 25.1 Å². The minimum absolute atomic E-state index is 0.110. The van der Waals surface area contributed by atoms with Crippen LogP contribution in [0.2, 0.25) is 10.0 Å². The molecule has 2 aromatic rings. The maximum Gasteiger partial charge on any atom is 0.277 e. The largest absolute Gasteiger partial charge is 0.483 e. The average Bonchev–Trinajstić information content (AvgIpc) is 2.59. The molecule has 2 rings (SSSR count). The smallest absolute Gasteiger partial charge is 0.277 e. The quantitative estimate of drug-likeness (QED) is 0.532. The van der Waals surface area contributed by atoms with Crippen LogP contribution >= 0.6 is 23.2 Å². The summed E-state index contributed by atoms with van der Waals surface area (Å²) in [5.41, 5.74) is 6.05. The molecule has 0 bridgehead atoms. The van der Waals surface area contributed by atoms with Crippen LogP contribution in [-0.4, -0.2) is 18.2 Å². The molecule has 0 heterocycles. The second-order valence-corrected chi connectivity index (χ2v) is 7.16. The standard InChI is InChI=1S/C20H22Cl2N2O2/c1-12(2)16-7-5-13(3)9-19(16)26-11-20(25)24-23-14(4)15-6-8-17(21)18(22)10-15/h5-10,12H,11H2,1-4H3,(H,24,25)/b23-14-. The minimum atomic E-state index is -0.333. The van der Waals surface area contributed by atoms with Crippen molar-refractivity contribution in [3.8, 4) is 5.75 Å². The van der Waals surface area contributed by atoms with Crippen LogP contribution in [0.1, 0.15) is 43.4 Å². The lowest BCUT2D eigenvalue weighted by Crippen LogP contribution is -2.26. The summed E-state index contributed by atoms with van der Waals surface area (Å²) in [6.45, 7) is 7.83. The maximum atomic E-state index is 12.0. The number of hydrogen-bond donors (Lipinski definition) is 1. The number of hydrazone groups is 1. The number of hydrogen-bond acceptors (Lipinski definition) is 3. The van der Waals surface area contributed by atoms with Gasteiger partial charge in [-0.3, -0.25) is 4.79 Å². The van der Waals surface area contributed by atoms with Gasteiger partial charge in [-0.2, -0.15) is 5.10 Å². The Balaban J connectivity index is 1.99. The Morgan fingerprint density at radius 2 is 1.88 bits per heavy atom. The molecule has 0 atom stereocenters. The molecular weight excluding hydrogens is 371 g/mol. The Labute approximate surface area is 164 Å². The van der Waals surface area contributed by atoms with Gasteiger partial charge in [-0.05, 0) is 54.7 Å². The fraction of sp³-hybridized carbons (Fsp3) is 0.300. The highest BCUT2D eigenvalue weighted by Crippen LogP contribution is 2.27. The molecule has 26 heavy (non-hydrogen) atoms. The average molecular weight is 393 g/mol. The Morgan fingerprint density at radius 3 is 2.54 bits per heavy atom. The first-order valence-corrected chi connectivity index (χ1v) is 9.05. The van der Waals surface area contributed by atoms with E-state index in [2.05, 4.69) is 24.4 Å². The van der Waals surface area contributed by atoms with Crippen LogP contribution in [-0.2, 0) is 4.79 Å². The second-order valence-electron chi connectivity index (χ2n) is 6.35. The summed E-state index contributed by atoms with van der Waals surface area (Å²) in [7, 11) is 0. The van der Waals surface area contributed by atoms with E-state index in [9.17, 15) is 4.79 Å². The van der Waals surface area contributed by atoms with Crippen LogP contribution in [0.15, 0.2) is 41.5 Å². The number of halogens is 2. The zero-order chi connectivity index (χ0) is 19.3. The lowest BCUT2D eigenvalue weighted by atomic mass is 10.0. The van der Waals surface area contributed by atoms with Gasteiger partial charge in [0.05, 0.1) is 15.8 Å². The molecule has 2 aromatic carbocycles. The lowest BCUT2D eigenvalue weighted by molar-refractivity contribution is -0.123. The van der Waals surface area contributed by atoms with Crippen molar-refractivity contribution in [3.05, 3.63) is 63.1 Å². The van der Waals surface area contributed by atoms with E-state index in [4.69, 9.17) is 27.9 Å². The normalized spacial score (nSPS) is 11.6. The van der Waals surface area contributed by atoms with Crippen LogP contribution in [0.4, 0.5) is 0 Å². The van der Waals surface area contributed by atoms with Crippen LogP contribution < -0.4 is 10.2 Å². The Hall–Kier alpha value is -2.04. The third kappa shape index (κ3) is 5.48. The van der Waals surface area contributed by atoms with Crippen LogP contribution in [0.3, 0.4) is 0 Å². The zero-order valence-electron chi connectivity index (χ0n) is 15.3. The molecule has 0 aliphatic heterocycles. The number of benzene rings is 2. The van der Waals surface area contributed by atoms with E-state index >= 15 is 0 Å². The summed E-state index contributed by atoms with van der Waals surface area (Å²) in [6, 6.07) is 11.2. The number of nitrogens with one attached hydrogen (secondary N) is 1. The number of carbonyl (C=O) groups is 1. The van der Waals surface area contributed by atoms with E-state index in [-0.39, 0.29) is 12.5 Å². The van der Waals surface area contributed by atoms with Gasteiger partial charge < -0.3 is 4.74 Å². The van der Waals surface area contributed by atoms with Crippen molar-refractivity contribution in [3.63, 3.8) is 0 Å². The topological polar surface area (TPSA) is 50.7 Å². The number of ether oxygens (including phenoxy) is 1. The third-order valence-electron chi connectivity index (χ3n) is 3.84. The maximum absolute atomic E-state index is 12.0. The molecule has 1 amide bonds. The van der Waals surface area contributed by atoms with Crippen molar-refractivity contribution < 1.29 is 9.53 Å². The van der Waals surface area contributed by atoms with E-state index < -0.39 is 0 Å². The molecule has 0 aliphatic rings. The zero-order valence-corrected chi connectivity index (χ0v) is 16.8. The van der Waals surface area contributed by atoms with Crippen molar-refractivity contribution in [2.75, 3.05) is 6.61 Å².